The van der Waals surface area contributed by atoms with Gasteiger partial charge < -0.3 is 5.32 Å². The quantitative estimate of drug-likeness (QED) is 0.740. The van der Waals surface area contributed by atoms with Crippen molar-refractivity contribution < 1.29 is 4.79 Å². The Bertz CT molecular complexity index is 681. The molecule has 1 aromatic carbocycles. The Labute approximate surface area is 108 Å². The summed E-state index contributed by atoms with van der Waals surface area (Å²) in [7, 11) is 0. The van der Waals surface area contributed by atoms with E-state index in [1.54, 1.807) is 6.07 Å². The van der Waals surface area contributed by atoms with Gasteiger partial charge in [-0.2, -0.15) is 5.10 Å². The van der Waals surface area contributed by atoms with Gasteiger partial charge in [0, 0.05) is 16.5 Å². The number of thiophene rings is 1. The van der Waals surface area contributed by atoms with Crippen molar-refractivity contribution in [3.63, 3.8) is 0 Å². The third-order valence-corrected chi connectivity index (χ3v) is 3.71. The molecule has 0 radical (unpaired) electrons. The molecular formula is C13H11N3OS. The maximum atomic E-state index is 12.0. The number of aromatic nitrogens is 2. The predicted molar refractivity (Wildman–Crippen MR) is 73.1 cm³/mol. The molecule has 5 heteroatoms. The molecule has 0 saturated carbocycles. The van der Waals surface area contributed by atoms with Crippen molar-refractivity contribution in [2.45, 2.75) is 6.92 Å². The summed E-state index contributed by atoms with van der Waals surface area (Å²) in [6, 6.07) is 11.6. The molecule has 0 aliphatic heterocycles. The first-order valence-electron chi connectivity index (χ1n) is 5.54. The number of nitrogens with one attached hydrogen (secondary N) is 2. The average Bonchev–Trinajstić information content (AvgIpc) is 2.95. The molecular weight excluding hydrogens is 246 g/mol. The summed E-state index contributed by atoms with van der Waals surface area (Å²) in [6.07, 6.45) is 0. The fourth-order valence-electron chi connectivity index (χ4n) is 1.75. The smallest absolute Gasteiger partial charge is 0.266 e. The molecule has 3 rings (SSSR count). The van der Waals surface area contributed by atoms with Crippen LogP contribution in [0, 0.1) is 6.92 Å². The van der Waals surface area contributed by atoms with E-state index in [1.807, 2.05) is 37.3 Å². The normalized spacial score (nSPS) is 10.7. The number of nitrogens with zero attached hydrogens (tertiary/aromatic N) is 1. The Kier molecular flexibility index (Phi) is 2.60. The van der Waals surface area contributed by atoms with Crippen LogP contribution < -0.4 is 5.32 Å². The predicted octanol–water partition coefficient (Wildman–Crippen LogP) is 3.19. The van der Waals surface area contributed by atoms with Gasteiger partial charge in [0.2, 0.25) is 0 Å². The van der Waals surface area contributed by atoms with Crippen molar-refractivity contribution >= 4 is 33.1 Å². The zero-order valence-corrected chi connectivity index (χ0v) is 10.5. The first-order valence-corrected chi connectivity index (χ1v) is 6.36. The molecule has 0 fully saturated rings. The van der Waals surface area contributed by atoms with Gasteiger partial charge in [0.25, 0.3) is 5.91 Å². The minimum atomic E-state index is -0.123. The van der Waals surface area contributed by atoms with Crippen LogP contribution in [0.3, 0.4) is 0 Å². The number of fused-ring (bicyclic) bond motifs is 1. The van der Waals surface area contributed by atoms with Gasteiger partial charge in [0.1, 0.15) is 0 Å². The second kappa shape index (κ2) is 4.27. The van der Waals surface area contributed by atoms with Gasteiger partial charge in [-0.3, -0.25) is 9.89 Å². The van der Waals surface area contributed by atoms with Crippen molar-refractivity contribution in [3.8, 4) is 0 Å². The maximum absolute atomic E-state index is 12.0. The Morgan fingerprint density at radius 3 is 2.89 bits per heavy atom. The van der Waals surface area contributed by atoms with Crippen molar-refractivity contribution in [1.29, 1.82) is 0 Å². The van der Waals surface area contributed by atoms with Crippen LogP contribution in [-0.2, 0) is 0 Å². The van der Waals surface area contributed by atoms with Gasteiger partial charge >= 0.3 is 0 Å². The number of H-pyrrole nitrogens is 1. The van der Waals surface area contributed by atoms with E-state index >= 15 is 0 Å². The molecule has 0 aliphatic rings. The number of aryl methyl sites for hydroxylation is 1. The number of rotatable bonds is 2. The highest BCUT2D eigenvalue weighted by Crippen LogP contribution is 2.25. The molecule has 0 bridgehead atoms. The lowest BCUT2D eigenvalue weighted by Crippen LogP contribution is -2.10. The number of amides is 1. The van der Waals surface area contributed by atoms with Crippen LogP contribution >= 0.6 is 11.3 Å². The van der Waals surface area contributed by atoms with Crippen molar-refractivity contribution in [2.24, 2.45) is 0 Å². The molecule has 0 atom stereocenters. The van der Waals surface area contributed by atoms with E-state index in [9.17, 15) is 4.79 Å². The highest BCUT2D eigenvalue weighted by molar-refractivity contribution is 7.20. The third-order valence-electron chi connectivity index (χ3n) is 2.60. The third kappa shape index (κ3) is 2.00. The Hall–Kier alpha value is -2.14. The van der Waals surface area contributed by atoms with E-state index in [2.05, 4.69) is 15.5 Å². The molecule has 0 aliphatic carbocycles. The van der Waals surface area contributed by atoms with Crippen LogP contribution in [0.25, 0.3) is 10.1 Å². The largest absolute Gasteiger partial charge is 0.304 e. The first kappa shape index (κ1) is 11.0. The fourth-order valence-corrected chi connectivity index (χ4v) is 2.71. The van der Waals surface area contributed by atoms with Gasteiger partial charge in [0.05, 0.1) is 4.88 Å². The zero-order valence-electron chi connectivity index (χ0n) is 9.73. The minimum absolute atomic E-state index is 0.123. The van der Waals surface area contributed by atoms with Crippen LogP contribution in [-0.4, -0.2) is 16.1 Å². The standard InChI is InChI=1S/C13H11N3OS/c1-8-6-12(16-15-8)14-13(17)11-7-9-4-2-3-5-10(9)18-11/h2-7H,1H3,(H2,14,15,16,17). The van der Waals surface area contributed by atoms with E-state index < -0.39 is 0 Å². The molecule has 4 nitrogen and oxygen atoms in total. The fraction of sp³-hybridized carbons (Fsp3) is 0.0769. The highest BCUT2D eigenvalue weighted by Gasteiger charge is 2.11. The molecule has 2 aromatic heterocycles. The second-order valence-electron chi connectivity index (χ2n) is 4.04. The molecule has 0 saturated heterocycles. The zero-order chi connectivity index (χ0) is 12.5. The van der Waals surface area contributed by atoms with Crippen molar-refractivity contribution in [2.75, 3.05) is 5.32 Å². The van der Waals surface area contributed by atoms with Crippen LogP contribution in [0.2, 0.25) is 0 Å². The summed E-state index contributed by atoms with van der Waals surface area (Å²) in [4.78, 5) is 12.7. The van der Waals surface area contributed by atoms with E-state index in [0.29, 0.717) is 10.7 Å². The van der Waals surface area contributed by atoms with Gasteiger partial charge in [0.15, 0.2) is 5.82 Å². The summed E-state index contributed by atoms with van der Waals surface area (Å²) >= 11 is 1.48. The Morgan fingerprint density at radius 2 is 2.17 bits per heavy atom. The second-order valence-corrected chi connectivity index (χ2v) is 5.12. The Morgan fingerprint density at radius 1 is 1.33 bits per heavy atom. The molecule has 1 amide bonds. The lowest BCUT2D eigenvalue weighted by atomic mass is 10.2. The van der Waals surface area contributed by atoms with E-state index in [4.69, 9.17) is 0 Å². The Balaban J connectivity index is 1.87. The topological polar surface area (TPSA) is 57.8 Å². The van der Waals surface area contributed by atoms with Gasteiger partial charge in [-0.25, -0.2) is 0 Å². The lowest BCUT2D eigenvalue weighted by Gasteiger charge is -1.97. The SMILES string of the molecule is Cc1cc(NC(=O)c2cc3ccccc3s2)n[nH]1. The summed E-state index contributed by atoms with van der Waals surface area (Å²) in [5.74, 6) is 0.428. The number of benzene rings is 1. The number of hydrogen-bond donors (Lipinski definition) is 2. The monoisotopic (exact) mass is 257 g/mol. The van der Waals surface area contributed by atoms with Gasteiger partial charge in [-0.05, 0) is 24.4 Å². The van der Waals surface area contributed by atoms with Gasteiger partial charge in [-0.15, -0.1) is 11.3 Å². The molecule has 3 aromatic rings. The molecule has 90 valence electrons. The molecule has 0 unspecified atom stereocenters. The molecule has 0 spiro atoms. The van der Waals surface area contributed by atoms with Crippen molar-refractivity contribution in [3.05, 3.63) is 47.0 Å². The maximum Gasteiger partial charge on any atom is 0.266 e. The summed E-state index contributed by atoms with van der Waals surface area (Å²) < 4.78 is 1.11. The number of carbonyl (C=O) groups excluding carboxylic acids is 1. The van der Waals surface area contributed by atoms with Crippen molar-refractivity contribution in [1.82, 2.24) is 10.2 Å². The van der Waals surface area contributed by atoms with E-state index in [1.165, 1.54) is 11.3 Å². The average molecular weight is 257 g/mol. The molecule has 18 heavy (non-hydrogen) atoms. The summed E-state index contributed by atoms with van der Waals surface area (Å²) in [5.41, 5.74) is 0.918. The summed E-state index contributed by atoms with van der Waals surface area (Å²) in [5, 5.41) is 10.6. The van der Waals surface area contributed by atoms with Crippen LogP contribution in [0.1, 0.15) is 15.4 Å². The van der Waals surface area contributed by atoms with Gasteiger partial charge in [-0.1, -0.05) is 18.2 Å². The first-order chi connectivity index (χ1) is 8.72. The highest BCUT2D eigenvalue weighted by atomic mass is 32.1. The number of hydrogen-bond acceptors (Lipinski definition) is 3. The minimum Gasteiger partial charge on any atom is -0.304 e. The van der Waals surface area contributed by atoms with Crippen LogP contribution in [0.5, 0.6) is 0 Å². The molecule has 2 N–H and O–H groups in total. The number of anilines is 1. The number of aromatic amines is 1. The molecule has 2 heterocycles. The van der Waals surface area contributed by atoms with Crippen LogP contribution in [0.4, 0.5) is 5.82 Å². The van der Waals surface area contributed by atoms with E-state index in [0.717, 1.165) is 15.8 Å². The van der Waals surface area contributed by atoms with E-state index in [-0.39, 0.29) is 5.91 Å². The van der Waals surface area contributed by atoms with Crippen LogP contribution in [0.15, 0.2) is 36.4 Å². The number of carbonyl (C=O) groups is 1. The lowest BCUT2D eigenvalue weighted by molar-refractivity contribution is 0.103. The summed E-state index contributed by atoms with van der Waals surface area (Å²) in [6.45, 7) is 1.89.